The summed E-state index contributed by atoms with van der Waals surface area (Å²) in [5.74, 6) is 0. The molecule has 6 heteroatoms. The van der Waals surface area contributed by atoms with Gasteiger partial charge in [0.05, 0.1) is 12.2 Å². The van der Waals surface area contributed by atoms with E-state index in [2.05, 4.69) is 38.0 Å². The summed E-state index contributed by atoms with van der Waals surface area (Å²) in [6.07, 6.45) is 5.15. The molecule has 0 saturated carbocycles. The second-order valence-electron chi connectivity index (χ2n) is 4.49. The maximum absolute atomic E-state index is 4.39. The Hall–Kier alpha value is -1.43. The Balaban J connectivity index is 1.73. The minimum Gasteiger partial charge on any atom is -0.344 e. The molecule has 0 spiro atoms. The third kappa shape index (κ3) is 2.04. The van der Waals surface area contributed by atoms with Gasteiger partial charge in [-0.1, -0.05) is 11.3 Å². The quantitative estimate of drug-likeness (QED) is 0.814. The molecule has 0 aromatic carbocycles. The first-order valence-corrected chi connectivity index (χ1v) is 6.60. The third-order valence-electron chi connectivity index (χ3n) is 3.05. The van der Waals surface area contributed by atoms with Gasteiger partial charge in [0.15, 0.2) is 0 Å². The Morgan fingerprint density at radius 3 is 2.88 bits per heavy atom. The molecule has 5 nitrogen and oxygen atoms in total. The van der Waals surface area contributed by atoms with Crippen molar-refractivity contribution in [3.8, 4) is 0 Å². The van der Waals surface area contributed by atoms with Gasteiger partial charge in [-0.15, -0.1) is 10.2 Å². The lowest BCUT2D eigenvalue weighted by molar-refractivity contribution is 0.494. The predicted octanol–water partition coefficient (Wildman–Crippen LogP) is 1.80. The number of hydrogen-bond donors (Lipinski definition) is 0. The molecule has 3 rings (SSSR count). The van der Waals surface area contributed by atoms with Crippen molar-refractivity contribution < 1.29 is 0 Å². The molecule has 17 heavy (non-hydrogen) atoms. The minimum atomic E-state index is 0.466. The molecular formula is C11H15N5S. The van der Waals surface area contributed by atoms with Crippen LogP contribution in [0.2, 0.25) is 0 Å². The van der Waals surface area contributed by atoms with Crippen molar-refractivity contribution in [2.45, 2.75) is 26.3 Å². The summed E-state index contributed by atoms with van der Waals surface area (Å²) in [6.45, 7) is 6.09. The normalized spacial score (nSPS) is 20.1. The fraction of sp³-hybridized carbons (Fsp3) is 0.545. The van der Waals surface area contributed by atoms with Crippen LogP contribution >= 0.6 is 11.3 Å². The second-order valence-corrected chi connectivity index (χ2v) is 5.65. The van der Waals surface area contributed by atoms with Gasteiger partial charge in [-0.2, -0.15) is 5.10 Å². The van der Waals surface area contributed by atoms with Crippen LogP contribution in [0.4, 0.5) is 5.13 Å². The number of aryl methyl sites for hydroxylation is 2. The number of anilines is 1. The SMILES string of the molecule is Cc1cnn(C2CCN(c3nnc(C)s3)C2)c1. The molecule has 1 aliphatic heterocycles. The Bertz CT molecular complexity index is 471. The summed E-state index contributed by atoms with van der Waals surface area (Å²) >= 11 is 1.66. The van der Waals surface area contributed by atoms with E-state index < -0.39 is 0 Å². The molecule has 1 saturated heterocycles. The van der Waals surface area contributed by atoms with E-state index in [-0.39, 0.29) is 0 Å². The molecule has 1 atom stereocenters. The van der Waals surface area contributed by atoms with E-state index >= 15 is 0 Å². The lowest BCUT2D eigenvalue weighted by Crippen LogP contribution is -2.20. The van der Waals surface area contributed by atoms with Crippen LogP contribution in [0.15, 0.2) is 12.4 Å². The zero-order chi connectivity index (χ0) is 11.8. The first-order valence-electron chi connectivity index (χ1n) is 5.78. The Kier molecular flexibility index (Phi) is 2.58. The van der Waals surface area contributed by atoms with Crippen LogP contribution < -0.4 is 4.90 Å². The van der Waals surface area contributed by atoms with Crippen molar-refractivity contribution in [1.82, 2.24) is 20.0 Å². The lowest BCUT2D eigenvalue weighted by atomic mass is 10.3. The van der Waals surface area contributed by atoms with Gasteiger partial charge in [0, 0.05) is 19.3 Å². The van der Waals surface area contributed by atoms with Crippen LogP contribution in [-0.2, 0) is 0 Å². The van der Waals surface area contributed by atoms with Crippen LogP contribution in [0.3, 0.4) is 0 Å². The predicted molar refractivity (Wildman–Crippen MR) is 67.5 cm³/mol. The van der Waals surface area contributed by atoms with Crippen molar-refractivity contribution in [1.29, 1.82) is 0 Å². The Morgan fingerprint density at radius 2 is 2.24 bits per heavy atom. The molecule has 90 valence electrons. The fourth-order valence-corrected chi connectivity index (χ4v) is 2.90. The summed E-state index contributed by atoms with van der Waals surface area (Å²) < 4.78 is 2.07. The molecule has 0 N–H and O–H groups in total. The van der Waals surface area contributed by atoms with Gasteiger partial charge in [-0.3, -0.25) is 4.68 Å². The number of hydrogen-bond acceptors (Lipinski definition) is 5. The highest BCUT2D eigenvalue weighted by Gasteiger charge is 2.26. The van der Waals surface area contributed by atoms with Crippen molar-refractivity contribution in [2.24, 2.45) is 0 Å². The zero-order valence-corrected chi connectivity index (χ0v) is 10.8. The molecular weight excluding hydrogens is 234 g/mol. The summed E-state index contributed by atoms with van der Waals surface area (Å²) in [6, 6.07) is 0.466. The summed E-state index contributed by atoms with van der Waals surface area (Å²) in [5.41, 5.74) is 1.22. The molecule has 3 heterocycles. The van der Waals surface area contributed by atoms with Crippen LogP contribution in [0.1, 0.15) is 23.0 Å². The van der Waals surface area contributed by atoms with E-state index in [0.29, 0.717) is 6.04 Å². The van der Waals surface area contributed by atoms with Gasteiger partial charge in [-0.05, 0) is 25.8 Å². The van der Waals surface area contributed by atoms with Gasteiger partial charge in [-0.25, -0.2) is 0 Å². The smallest absolute Gasteiger partial charge is 0.208 e. The highest BCUT2D eigenvalue weighted by molar-refractivity contribution is 7.15. The molecule has 2 aromatic heterocycles. The average Bonchev–Trinajstić information content (AvgIpc) is 2.96. The number of nitrogens with zero attached hydrogens (tertiary/aromatic N) is 5. The van der Waals surface area contributed by atoms with Gasteiger partial charge < -0.3 is 4.90 Å². The lowest BCUT2D eigenvalue weighted by Gasteiger charge is -2.14. The van der Waals surface area contributed by atoms with E-state index in [0.717, 1.165) is 29.6 Å². The van der Waals surface area contributed by atoms with Crippen molar-refractivity contribution >= 4 is 16.5 Å². The summed E-state index contributed by atoms with van der Waals surface area (Å²) in [7, 11) is 0. The van der Waals surface area contributed by atoms with Gasteiger partial charge in [0.1, 0.15) is 5.01 Å². The van der Waals surface area contributed by atoms with Gasteiger partial charge in [0.2, 0.25) is 5.13 Å². The highest BCUT2D eigenvalue weighted by Crippen LogP contribution is 2.28. The van der Waals surface area contributed by atoms with E-state index in [4.69, 9.17) is 0 Å². The molecule has 0 aliphatic carbocycles. The molecule has 1 unspecified atom stereocenters. The fourth-order valence-electron chi connectivity index (χ4n) is 2.18. The second kappa shape index (κ2) is 4.10. The average molecular weight is 249 g/mol. The van der Waals surface area contributed by atoms with Crippen molar-refractivity contribution in [3.05, 3.63) is 23.0 Å². The van der Waals surface area contributed by atoms with E-state index in [1.807, 2.05) is 13.1 Å². The number of aromatic nitrogens is 4. The third-order valence-corrected chi connectivity index (χ3v) is 3.95. The van der Waals surface area contributed by atoms with Crippen LogP contribution in [0.5, 0.6) is 0 Å². The molecule has 1 fully saturated rings. The van der Waals surface area contributed by atoms with Gasteiger partial charge >= 0.3 is 0 Å². The summed E-state index contributed by atoms with van der Waals surface area (Å²) in [4.78, 5) is 2.30. The highest BCUT2D eigenvalue weighted by atomic mass is 32.1. The first kappa shape index (κ1) is 10.7. The van der Waals surface area contributed by atoms with E-state index in [1.54, 1.807) is 11.3 Å². The van der Waals surface area contributed by atoms with Crippen molar-refractivity contribution in [3.63, 3.8) is 0 Å². The maximum atomic E-state index is 4.39. The van der Waals surface area contributed by atoms with Crippen LogP contribution in [0, 0.1) is 13.8 Å². The van der Waals surface area contributed by atoms with E-state index in [1.165, 1.54) is 5.56 Å². The topological polar surface area (TPSA) is 46.8 Å². The molecule has 1 aliphatic rings. The molecule has 2 aromatic rings. The first-order chi connectivity index (χ1) is 8.22. The molecule has 0 amide bonds. The van der Waals surface area contributed by atoms with Gasteiger partial charge in [0.25, 0.3) is 0 Å². The maximum Gasteiger partial charge on any atom is 0.208 e. The number of rotatable bonds is 2. The van der Waals surface area contributed by atoms with Crippen LogP contribution in [0.25, 0.3) is 0 Å². The molecule has 0 bridgehead atoms. The monoisotopic (exact) mass is 249 g/mol. The summed E-state index contributed by atoms with van der Waals surface area (Å²) in [5, 5.41) is 14.7. The largest absolute Gasteiger partial charge is 0.344 e. The standard InChI is InChI=1S/C11H15N5S/c1-8-5-12-16(6-8)10-3-4-15(7-10)11-14-13-9(2)17-11/h5-6,10H,3-4,7H2,1-2H3. The minimum absolute atomic E-state index is 0.466. The Labute approximate surface area is 104 Å². The van der Waals surface area contributed by atoms with Crippen molar-refractivity contribution in [2.75, 3.05) is 18.0 Å². The molecule has 0 radical (unpaired) electrons. The van der Waals surface area contributed by atoms with Crippen LogP contribution in [-0.4, -0.2) is 33.1 Å². The van der Waals surface area contributed by atoms with E-state index in [9.17, 15) is 0 Å². The zero-order valence-electron chi connectivity index (χ0n) is 10.00. The Morgan fingerprint density at radius 1 is 1.35 bits per heavy atom.